The fraction of sp³-hybridized carbons (Fsp3) is 0.500. The number of halogens is 4. The van der Waals surface area contributed by atoms with Crippen molar-refractivity contribution in [3.63, 3.8) is 0 Å². The van der Waals surface area contributed by atoms with E-state index in [2.05, 4.69) is 0 Å². The van der Waals surface area contributed by atoms with Gasteiger partial charge in [-0.1, -0.05) is 13.3 Å². The maximum atomic E-state index is 11.6. The highest BCUT2D eigenvalue weighted by molar-refractivity contribution is 7.86. The van der Waals surface area contributed by atoms with Crippen molar-refractivity contribution in [1.82, 2.24) is 0 Å². The summed E-state index contributed by atoms with van der Waals surface area (Å²) in [5.74, 6) is -0.357. The van der Waals surface area contributed by atoms with Gasteiger partial charge in [0.25, 0.3) is 5.15 Å². The lowest BCUT2D eigenvalue weighted by Crippen LogP contribution is -2.30. The highest BCUT2D eigenvalue weighted by atomic mass is 35.5. The van der Waals surface area contributed by atoms with Crippen molar-refractivity contribution in [3.8, 4) is 0 Å². The molecule has 0 N–H and O–H groups in total. The highest BCUT2D eigenvalue weighted by Crippen LogP contribution is 2.20. The standard InChI is InChI=1S/C11H15ClNO2.CHF3O3S/c1-3-4-8-15-11(14)9-6-5-7-13(2)10(9)12;2-1(3,4)8(5,6)7/h5-7H,3-4,8H2,1-2H3;(H,5,6,7)/q+1;/p-1. The summed E-state index contributed by atoms with van der Waals surface area (Å²) >= 11 is 5.96. The molecule has 0 saturated carbocycles. The van der Waals surface area contributed by atoms with Crippen LogP contribution in [0.5, 0.6) is 0 Å². The van der Waals surface area contributed by atoms with Crippen molar-refractivity contribution < 1.29 is 40.2 Å². The maximum Gasteiger partial charge on any atom is 0.485 e. The van der Waals surface area contributed by atoms with Crippen LogP contribution in [0.2, 0.25) is 5.15 Å². The summed E-state index contributed by atoms with van der Waals surface area (Å²) < 4.78 is 65.6. The third kappa shape index (κ3) is 7.62. The molecule has 132 valence electrons. The largest absolute Gasteiger partial charge is 0.741 e. The number of rotatable bonds is 4. The molecule has 0 aliphatic rings. The molecule has 0 bridgehead atoms. The summed E-state index contributed by atoms with van der Waals surface area (Å²) in [6, 6.07) is 3.43. The number of carbonyl (C=O) groups excluding carboxylic acids is 1. The molecule has 0 unspecified atom stereocenters. The van der Waals surface area contributed by atoms with Crippen molar-refractivity contribution in [2.45, 2.75) is 25.3 Å². The lowest BCUT2D eigenvalue weighted by atomic mass is 10.3. The molecule has 0 spiro atoms. The van der Waals surface area contributed by atoms with Crippen LogP contribution in [-0.4, -0.2) is 31.1 Å². The van der Waals surface area contributed by atoms with Gasteiger partial charge in [0, 0.05) is 6.07 Å². The summed E-state index contributed by atoms with van der Waals surface area (Å²) in [4.78, 5) is 11.6. The average Bonchev–Trinajstić information content (AvgIpc) is 2.40. The Hall–Kier alpha value is -1.39. The van der Waals surface area contributed by atoms with E-state index in [1.807, 2.05) is 6.92 Å². The quantitative estimate of drug-likeness (QED) is 0.200. The fourth-order valence-corrected chi connectivity index (χ4v) is 1.33. The van der Waals surface area contributed by atoms with Gasteiger partial charge in [-0.15, -0.1) is 0 Å². The van der Waals surface area contributed by atoms with Gasteiger partial charge in [-0.2, -0.15) is 17.7 Å². The van der Waals surface area contributed by atoms with Gasteiger partial charge in [0.2, 0.25) is 0 Å². The molecule has 0 aliphatic heterocycles. The molecule has 11 heteroatoms. The Labute approximate surface area is 136 Å². The average molecular weight is 378 g/mol. The number of alkyl halides is 3. The van der Waals surface area contributed by atoms with Crippen LogP contribution in [0.3, 0.4) is 0 Å². The van der Waals surface area contributed by atoms with E-state index in [-0.39, 0.29) is 5.97 Å². The second kappa shape index (κ2) is 9.04. The monoisotopic (exact) mass is 377 g/mol. The van der Waals surface area contributed by atoms with Gasteiger partial charge in [0.15, 0.2) is 16.3 Å². The van der Waals surface area contributed by atoms with Crippen LogP contribution in [0.25, 0.3) is 0 Å². The van der Waals surface area contributed by atoms with Gasteiger partial charge in [-0.05, 0) is 24.1 Å². The lowest BCUT2D eigenvalue weighted by Gasteiger charge is -2.08. The SMILES string of the molecule is CCCCOC(=O)c1ccc[n+](C)c1Cl.O=S(=O)([O-])C(F)(F)F. The molecule has 23 heavy (non-hydrogen) atoms. The molecule has 1 aromatic heterocycles. The number of carbonyl (C=O) groups is 1. The van der Waals surface area contributed by atoms with Gasteiger partial charge < -0.3 is 9.29 Å². The zero-order valence-electron chi connectivity index (χ0n) is 12.3. The van der Waals surface area contributed by atoms with Crippen LogP contribution < -0.4 is 4.57 Å². The summed E-state index contributed by atoms with van der Waals surface area (Å²) in [6.07, 6.45) is 3.66. The molecule has 1 heterocycles. The Morgan fingerprint density at radius 1 is 1.43 bits per heavy atom. The Kier molecular flexibility index (Phi) is 8.49. The predicted molar refractivity (Wildman–Crippen MR) is 73.6 cm³/mol. The molecule has 0 aliphatic carbocycles. The topological polar surface area (TPSA) is 87.4 Å². The number of ether oxygens (including phenoxy) is 1. The zero-order chi connectivity index (χ0) is 18.3. The van der Waals surface area contributed by atoms with Crippen molar-refractivity contribution in [1.29, 1.82) is 0 Å². The van der Waals surface area contributed by atoms with Gasteiger partial charge in [0.05, 0.1) is 6.61 Å². The molecule has 0 fully saturated rings. The molecule has 0 aromatic carbocycles. The van der Waals surface area contributed by atoms with Crippen LogP contribution in [0.15, 0.2) is 18.3 Å². The van der Waals surface area contributed by atoms with Crippen LogP contribution >= 0.6 is 11.6 Å². The Balaban J connectivity index is 0.000000515. The van der Waals surface area contributed by atoms with Crippen molar-refractivity contribution >= 4 is 27.7 Å². The van der Waals surface area contributed by atoms with Gasteiger partial charge in [0.1, 0.15) is 12.6 Å². The summed E-state index contributed by atoms with van der Waals surface area (Å²) in [6.45, 7) is 2.49. The Morgan fingerprint density at radius 3 is 2.39 bits per heavy atom. The minimum absolute atomic E-state index is 0.357. The number of aryl methyl sites for hydroxylation is 1. The van der Waals surface area contributed by atoms with Crippen LogP contribution in [0.4, 0.5) is 13.2 Å². The van der Waals surface area contributed by atoms with Crippen molar-refractivity contribution in [3.05, 3.63) is 29.0 Å². The first-order chi connectivity index (χ1) is 10.4. The molecule has 1 aromatic rings. The van der Waals surface area contributed by atoms with E-state index in [9.17, 15) is 18.0 Å². The second-order valence-corrected chi connectivity index (χ2v) is 5.94. The number of unbranched alkanes of at least 4 members (excludes halogenated alkanes) is 1. The molecule has 6 nitrogen and oxygen atoms in total. The van der Waals surface area contributed by atoms with Gasteiger partial charge in [-0.3, -0.25) is 0 Å². The zero-order valence-corrected chi connectivity index (χ0v) is 13.8. The first-order valence-electron chi connectivity index (χ1n) is 6.25. The first-order valence-corrected chi connectivity index (χ1v) is 8.03. The van der Waals surface area contributed by atoms with Gasteiger partial charge in [-0.25, -0.2) is 13.2 Å². The van der Waals surface area contributed by atoms with Crippen molar-refractivity contribution in [2.75, 3.05) is 6.61 Å². The van der Waals surface area contributed by atoms with E-state index in [0.717, 1.165) is 12.8 Å². The first kappa shape index (κ1) is 21.6. The minimum atomic E-state index is -6.09. The number of hydrogen-bond donors (Lipinski definition) is 0. The maximum absolute atomic E-state index is 11.6. The predicted octanol–water partition coefficient (Wildman–Crippen LogP) is 2.17. The third-order valence-electron chi connectivity index (χ3n) is 2.34. The van der Waals surface area contributed by atoms with Crippen LogP contribution in [0.1, 0.15) is 30.1 Å². The Bertz CT molecular complexity index is 634. The van der Waals surface area contributed by atoms with Gasteiger partial charge >= 0.3 is 11.5 Å². The number of pyridine rings is 1. The number of hydrogen-bond acceptors (Lipinski definition) is 5. The van der Waals surface area contributed by atoms with E-state index < -0.39 is 15.6 Å². The highest BCUT2D eigenvalue weighted by Gasteiger charge is 2.36. The molecular weight excluding hydrogens is 363 g/mol. The second-order valence-electron chi connectivity index (χ2n) is 4.21. The lowest BCUT2D eigenvalue weighted by molar-refractivity contribution is -0.669. The fourth-order valence-electron chi connectivity index (χ4n) is 1.13. The van der Waals surface area contributed by atoms with Crippen LogP contribution in [-0.2, 0) is 21.9 Å². The third-order valence-corrected chi connectivity index (χ3v) is 3.38. The summed E-state index contributed by atoms with van der Waals surface area (Å²) in [5, 5.41) is 0.402. The Morgan fingerprint density at radius 2 is 1.96 bits per heavy atom. The smallest absolute Gasteiger partial charge is 0.485 e. The normalized spacial score (nSPS) is 11.4. The van der Waals surface area contributed by atoms with E-state index in [1.165, 1.54) is 0 Å². The van der Waals surface area contributed by atoms with E-state index in [4.69, 9.17) is 29.3 Å². The molecular formula is C12H15ClF3NO5S. The van der Waals surface area contributed by atoms with E-state index >= 15 is 0 Å². The number of nitrogens with zero attached hydrogens (tertiary/aromatic N) is 1. The van der Waals surface area contributed by atoms with Crippen molar-refractivity contribution in [2.24, 2.45) is 7.05 Å². The van der Waals surface area contributed by atoms with Crippen LogP contribution in [0, 0.1) is 0 Å². The molecule has 0 atom stereocenters. The molecule has 0 amide bonds. The van der Waals surface area contributed by atoms with E-state index in [0.29, 0.717) is 17.3 Å². The number of aromatic nitrogens is 1. The molecule has 1 rings (SSSR count). The summed E-state index contributed by atoms with van der Waals surface area (Å²) in [7, 11) is -4.31. The minimum Gasteiger partial charge on any atom is -0.741 e. The summed E-state index contributed by atoms with van der Waals surface area (Å²) in [5.41, 5.74) is -5.23. The molecule has 0 saturated heterocycles. The molecule has 0 radical (unpaired) electrons. The number of esters is 1. The van der Waals surface area contributed by atoms with E-state index in [1.54, 1.807) is 29.9 Å².